The Morgan fingerprint density at radius 2 is 1.47 bits per heavy atom. The van der Waals surface area contributed by atoms with Crippen LogP contribution in [0.2, 0.25) is 0 Å². The van der Waals surface area contributed by atoms with E-state index in [1.807, 2.05) is 0 Å². The minimum absolute atomic E-state index is 0.394. The van der Waals surface area contributed by atoms with E-state index in [1.165, 1.54) is 0 Å². The molecule has 1 aromatic carbocycles. The molecule has 5 heteroatoms. The van der Waals surface area contributed by atoms with Crippen LogP contribution in [0.25, 0.3) is 0 Å². The third kappa shape index (κ3) is 1.95. The second-order valence-electron chi connectivity index (χ2n) is 4.63. The van der Waals surface area contributed by atoms with E-state index in [0.29, 0.717) is 18.9 Å². The van der Waals surface area contributed by atoms with Crippen LogP contribution < -0.4 is 5.73 Å². The number of benzene rings is 1. The number of phenolic OH excluding ortho intramolecular Hbond substituents is 2. The van der Waals surface area contributed by atoms with Gasteiger partial charge in [-0.15, -0.1) is 0 Å². The lowest BCUT2D eigenvalue weighted by molar-refractivity contribution is 0.273. The zero-order chi connectivity index (χ0) is 12.6. The molecule has 17 heavy (non-hydrogen) atoms. The van der Waals surface area contributed by atoms with E-state index in [-0.39, 0.29) is 0 Å². The molecule has 2 rings (SSSR count). The fourth-order valence-corrected chi connectivity index (χ4v) is 2.48. The normalized spacial score (nSPS) is 19.2. The Bertz CT molecular complexity index is 416. The highest BCUT2D eigenvalue weighted by atomic mass is 19.1. The smallest absolute Gasteiger partial charge is 0.173 e. The summed E-state index contributed by atoms with van der Waals surface area (Å²) in [5, 5.41) is 18.6. The molecular weight excluding hydrogens is 228 g/mol. The zero-order valence-corrected chi connectivity index (χ0v) is 9.34. The molecule has 3 nitrogen and oxygen atoms in total. The average Bonchev–Trinajstić information content (AvgIpc) is 2.27. The van der Waals surface area contributed by atoms with Gasteiger partial charge in [0.05, 0.1) is 5.56 Å². The molecule has 94 valence electrons. The van der Waals surface area contributed by atoms with Crippen molar-refractivity contribution in [2.75, 3.05) is 0 Å². The predicted octanol–water partition coefficient (Wildman–Crippen LogP) is 2.49. The Morgan fingerprint density at radius 1 is 1.00 bits per heavy atom. The van der Waals surface area contributed by atoms with E-state index >= 15 is 0 Å². The predicted molar refractivity (Wildman–Crippen MR) is 58.6 cm³/mol. The van der Waals surface area contributed by atoms with Crippen LogP contribution in [-0.2, 0) is 5.54 Å². The Kier molecular flexibility index (Phi) is 2.95. The molecule has 0 saturated heterocycles. The number of aromatic hydroxyl groups is 2. The van der Waals surface area contributed by atoms with E-state index in [2.05, 4.69) is 0 Å². The van der Waals surface area contributed by atoms with E-state index in [4.69, 9.17) is 5.73 Å². The van der Waals surface area contributed by atoms with Crippen LogP contribution in [-0.4, -0.2) is 10.2 Å². The number of phenols is 2. The summed E-state index contributed by atoms with van der Waals surface area (Å²) in [6.07, 6.45) is 3.44. The van der Waals surface area contributed by atoms with E-state index in [9.17, 15) is 19.0 Å². The van der Waals surface area contributed by atoms with Crippen molar-refractivity contribution in [1.29, 1.82) is 0 Å². The van der Waals surface area contributed by atoms with Gasteiger partial charge >= 0.3 is 0 Å². The first-order valence-corrected chi connectivity index (χ1v) is 5.65. The van der Waals surface area contributed by atoms with Crippen LogP contribution in [0.4, 0.5) is 8.78 Å². The summed E-state index contributed by atoms with van der Waals surface area (Å²) in [4.78, 5) is 0. The van der Waals surface area contributed by atoms with Crippen LogP contribution in [0.5, 0.6) is 11.5 Å². The van der Waals surface area contributed by atoms with Gasteiger partial charge in [0.2, 0.25) is 0 Å². The summed E-state index contributed by atoms with van der Waals surface area (Å²) in [5.41, 5.74) is 4.49. The van der Waals surface area contributed by atoms with Gasteiger partial charge in [0.1, 0.15) is 0 Å². The van der Waals surface area contributed by atoms with Crippen molar-refractivity contribution in [2.24, 2.45) is 5.73 Å². The fraction of sp³-hybridized carbons (Fsp3) is 0.500. The Labute approximate surface area is 97.9 Å². The van der Waals surface area contributed by atoms with Crippen molar-refractivity contribution in [1.82, 2.24) is 0 Å². The molecule has 0 aromatic heterocycles. The third-order valence-corrected chi connectivity index (χ3v) is 3.41. The lowest BCUT2D eigenvalue weighted by Gasteiger charge is -2.34. The van der Waals surface area contributed by atoms with Crippen LogP contribution in [0, 0.1) is 11.6 Å². The Balaban J connectivity index is 2.57. The van der Waals surface area contributed by atoms with Crippen molar-refractivity contribution in [2.45, 2.75) is 37.6 Å². The quantitative estimate of drug-likeness (QED) is 0.710. The van der Waals surface area contributed by atoms with Crippen molar-refractivity contribution >= 4 is 0 Å². The highest BCUT2D eigenvalue weighted by Crippen LogP contribution is 2.41. The molecule has 0 amide bonds. The summed E-state index contributed by atoms with van der Waals surface area (Å²) in [6.45, 7) is 0. The van der Waals surface area contributed by atoms with Crippen molar-refractivity contribution in [3.63, 3.8) is 0 Å². The first-order chi connectivity index (χ1) is 7.96. The number of nitrogens with two attached hydrogens (primary N) is 1. The Hall–Kier alpha value is -1.36. The molecule has 1 fully saturated rings. The summed E-state index contributed by atoms with van der Waals surface area (Å²) in [7, 11) is 0. The first-order valence-electron chi connectivity index (χ1n) is 5.65. The van der Waals surface area contributed by atoms with Gasteiger partial charge in [-0.25, -0.2) is 8.78 Å². The number of hydrogen-bond acceptors (Lipinski definition) is 3. The highest BCUT2D eigenvalue weighted by Gasteiger charge is 2.37. The van der Waals surface area contributed by atoms with E-state index in [1.54, 1.807) is 0 Å². The lowest BCUT2D eigenvalue weighted by Crippen LogP contribution is -2.40. The second kappa shape index (κ2) is 4.14. The van der Waals surface area contributed by atoms with E-state index in [0.717, 1.165) is 19.3 Å². The van der Waals surface area contributed by atoms with Crippen LogP contribution >= 0.6 is 0 Å². The summed E-state index contributed by atoms with van der Waals surface area (Å²) in [6, 6.07) is 0.653. The monoisotopic (exact) mass is 243 g/mol. The zero-order valence-electron chi connectivity index (χ0n) is 9.34. The number of hydrogen-bond donors (Lipinski definition) is 3. The first kappa shape index (κ1) is 12.1. The number of halogens is 2. The molecule has 4 N–H and O–H groups in total. The van der Waals surface area contributed by atoms with Gasteiger partial charge < -0.3 is 15.9 Å². The Morgan fingerprint density at radius 3 is 1.94 bits per heavy atom. The van der Waals surface area contributed by atoms with Crippen molar-refractivity contribution in [3.8, 4) is 11.5 Å². The van der Waals surface area contributed by atoms with E-state index < -0.39 is 34.2 Å². The molecule has 0 heterocycles. The topological polar surface area (TPSA) is 66.5 Å². The summed E-state index contributed by atoms with van der Waals surface area (Å²) in [5.74, 6) is -3.67. The van der Waals surface area contributed by atoms with Gasteiger partial charge in [-0.2, -0.15) is 0 Å². The fourth-order valence-electron chi connectivity index (χ4n) is 2.48. The molecule has 1 aromatic rings. The summed E-state index contributed by atoms with van der Waals surface area (Å²) < 4.78 is 27.6. The standard InChI is InChI=1S/C12H15F2NO2/c13-10-7(16)6-8(17)11(14)9(10)12(15)4-2-1-3-5-12/h6,16-17H,1-5,15H2. The maximum absolute atomic E-state index is 13.8. The molecular formula is C12H15F2NO2. The molecule has 0 unspecified atom stereocenters. The van der Waals surface area contributed by atoms with Gasteiger partial charge in [-0.1, -0.05) is 19.3 Å². The molecule has 1 aliphatic rings. The minimum atomic E-state index is -1.14. The number of rotatable bonds is 1. The largest absolute Gasteiger partial charge is 0.505 e. The van der Waals surface area contributed by atoms with Crippen molar-refractivity contribution in [3.05, 3.63) is 23.3 Å². The van der Waals surface area contributed by atoms with Crippen LogP contribution in [0.1, 0.15) is 37.7 Å². The maximum Gasteiger partial charge on any atom is 0.173 e. The second-order valence-corrected chi connectivity index (χ2v) is 4.63. The van der Waals surface area contributed by atoms with Gasteiger partial charge in [0.15, 0.2) is 23.1 Å². The molecule has 0 spiro atoms. The van der Waals surface area contributed by atoms with Gasteiger partial charge in [-0.3, -0.25) is 0 Å². The van der Waals surface area contributed by atoms with Crippen molar-refractivity contribution < 1.29 is 19.0 Å². The minimum Gasteiger partial charge on any atom is -0.505 e. The SMILES string of the molecule is NC1(c2c(F)c(O)cc(O)c2F)CCCCC1. The molecule has 1 aliphatic carbocycles. The highest BCUT2D eigenvalue weighted by molar-refractivity contribution is 5.43. The molecule has 0 radical (unpaired) electrons. The summed E-state index contributed by atoms with van der Waals surface area (Å²) >= 11 is 0. The third-order valence-electron chi connectivity index (χ3n) is 3.41. The average molecular weight is 243 g/mol. The lowest BCUT2D eigenvalue weighted by atomic mass is 9.77. The maximum atomic E-state index is 13.8. The molecule has 0 bridgehead atoms. The molecule has 0 aliphatic heterocycles. The van der Waals surface area contributed by atoms with Gasteiger partial charge in [-0.05, 0) is 12.8 Å². The van der Waals surface area contributed by atoms with Gasteiger partial charge in [0, 0.05) is 11.6 Å². The molecule has 0 atom stereocenters. The van der Waals surface area contributed by atoms with Crippen LogP contribution in [0.3, 0.4) is 0 Å². The van der Waals surface area contributed by atoms with Gasteiger partial charge in [0.25, 0.3) is 0 Å². The van der Waals surface area contributed by atoms with Crippen LogP contribution in [0.15, 0.2) is 6.07 Å². The molecule has 1 saturated carbocycles.